The molecule has 0 aliphatic rings. The summed E-state index contributed by atoms with van der Waals surface area (Å²) in [6.45, 7) is 2.05. The monoisotopic (exact) mass is 350 g/mol. The van der Waals surface area contributed by atoms with Crippen LogP contribution in [0.4, 0.5) is 0 Å². The van der Waals surface area contributed by atoms with Crippen LogP contribution >= 0.6 is 0 Å². The lowest BCUT2D eigenvalue weighted by Gasteiger charge is -2.14. The van der Waals surface area contributed by atoms with E-state index in [9.17, 15) is 0 Å². The van der Waals surface area contributed by atoms with Crippen LogP contribution in [0.5, 0.6) is 5.75 Å². The minimum Gasteiger partial charge on any atom is -0.477 e. The highest BCUT2D eigenvalue weighted by molar-refractivity contribution is 5.37. The van der Waals surface area contributed by atoms with Gasteiger partial charge in [0.1, 0.15) is 5.75 Å². The summed E-state index contributed by atoms with van der Waals surface area (Å²) in [7, 11) is 0. The third kappa shape index (κ3) is 6.10. The van der Waals surface area contributed by atoms with Crippen LogP contribution in [0.3, 0.4) is 0 Å². The fourth-order valence-electron chi connectivity index (χ4n) is 2.58. The van der Waals surface area contributed by atoms with Crippen molar-refractivity contribution in [2.75, 3.05) is 0 Å². The average molecular weight is 350 g/mol. The van der Waals surface area contributed by atoms with Crippen molar-refractivity contribution in [2.24, 2.45) is 0 Å². The van der Waals surface area contributed by atoms with Crippen molar-refractivity contribution < 1.29 is 4.74 Å². The third-order valence-electron chi connectivity index (χ3n) is 4.05. The quantitative estimate of drug-likeness (QED) is 0.554. The molecule has 0 saturated carbocycles. The normalized spacial score (nSPS) is 10.7. The zero-order chi connectivity index (χ0) is 18.7. The predicted octanol–water partition coefficient (Wildman–Crippen LogP) is 5.63. The van der Waals surface area contributed by atoms with E-state index in [1.807, 2.05) is 91.9 Å². The first-order valence-electron chi connectivity index (χ1n) is 9.14. The smallest absolute Gasteiger partial charge is 0.160 e. The Balaban J connectivity index is 1.70. The van der Waals surface area contributed by atoms with E-state index in [-0.39, 0.29) is 6.10 Å². The molecule has 0 fully saturated rings. The van der Waals surface area contributed by atoms with Gasteiger partial charge in [-0.05, 0) is 42.8 Å². The zero-order valence-corrected chi connectivity index (χ0v) is 15.5. The van der Waals surface area contributed by atoms with E-state index in [0.29, 0.717) is 0 Å². The van der Waals surface area contributed by atoms with Gasteiger partial charge in [0.05, 0.1) is 0 Å². The van der Waals surface area contributed by atoms with E-state index in [1.54, 1.807) is 0 Å². The summed E-state index contributed by atoms with van der Waals surface area (Å²) in [5.74, 6) is 13.8. The Kier molecular flexibility index (Phi) is 6.74. The fourth-order valence-corrected chi connectivity index (χ4v) is 2.58. The summed E-state index contributed by atoms with van der Waals surface area (Å²) >= 11 is 0. The lowest BCUT2D eigenvalue weighted by molar-refractivity contribution is 0.248. The first kappa shape index (κ1) is 18.4. The van der Waals surface area contributed by atoms with Gasteiger partial charge >= 0.3 is 0 Å². The van der Waals surface area contributed by atoms with Gasteiger partial charge in [-0.3, -0.25) is 0 Å². The van der Waals surface area contributed by atoms with Crippen molar-refractivity contribution in [2.45, 2.75) is 25.9 Å². The second-order valence-electron chi connectivity index (χ2n) is 6.21. The van der Waals surface area contributed by atoms with E-state index in [0.717, 1.165) is 35.3 Å². The van der Waals surface area contributed by atoms with E-state index in [4.69, 9.17) is 4.74 Å². The second kappa shape index (κ2) is 9.91. The minimum absolute atomic E-state index is 0.198. The summed E-state index contributed by atoms with van der Waals surface area (Å²) in [5.41, 5.74) is 3.13. The van der Waals surface area contributed by atoms with Gasteiger partial charge in [-0.1, -0.05) is 78.3 Å². The van der Waals surface area contributed by atoms with E-state index >= 15 is 0 Å². The SMILES string of the molecule is Cc1ccccc1OC(C#Cc1ccccc1)CCC#Cc1ccccc1. The third-order valence-corrected chi connectivity index (χ3v) is 4.05. The number of ether oxygens (including phenoxy) is 1. The number of hydrogen-bond donors (Lipinski definition) is 0. The molecule has 0 aliphatic heterocycles. The van der Waals surface area contributed by atoms with Crippen molar-refractivity contribution in [1.29, 1.82) is 0 Å². The van der Waals surface area contributed by atoms with Crippen molar-refractivity contribution in [1.82, 2.24) is 0 Å². The Bertz CT molecular complexity index is 966. The standard InChI is InChI=1S/C26H22O/c1-22-12-8-11-19-26(22)27-25(21-20-24-15-6-3-7-16-24)18-10-9-17-23-13-4-2-5-14-23/h2-8,11-16,19,25H,10,18H2,1H3. The first-order chi connectivity index (χ1) is 13.3. The molecule has 1 nitrogen and oxygen atoms in total. The highest BCUT2D eigenvalue weighted by Crippen LogP contribution is 2.19. The summed E-state index contributed by atoms with van der Waals surface area (Å²) in [5, 5.41) is 0. The molecular weight excluding hydrogens is 328 g/mol. The summed E-state index contributed by atoms with van der Waals surface area (Å²) in [6.07, 6.45) is 1.29. The van der Waals surface area contributed by atoms with Crippen molar-refractivity contribution in [3.8, 4) is 29.4 Å². The molecule has 1 unspecified atom stereocenters. The molecule has 1 atom stereocenters. The molecule has 0 aliphatic carbocycles. The molecule has 3 aromatic carbocycles. The molecule has 0 radical (unpaired) electrons. The van der Waals surface area contributed by atoms with E-state index < -0.39 is 0 Å². The van der Waals surface area contributed by atoms with Crippen LogP contribution in [-0.4, -0.2) is 6.10 Å². The largest absolute Gasteiger partial charge is 0.477 e. The van der Waals surface area contributed by atoms with Gasteiger partial charge in [0.15, 0.2) is 6.10 Å². The Hall–Kier alpha value is -3.42. The Morgan fingerprint density at radius 3 is 2.00 bits per heavy atom. The molecule has 3 rings (SSSR count). The molecule has 0 N–H and O–H groups in total. The fraction of sp³-hybridized carbons (Fsp3) is 0.154. The molecule has 0 bridgehead atoms. The molecule has 132 valence electrons. The molecule has 0 saturated heterocycles. The van der Waals surface area contributed by atoms with Crippen LogP contribution in [0.15, 0.2) is 84.9 Å². The molecule has 0 spiro atoms. The van der Waals surface area contributed by atoms with E-state index in [1.165, 1.54) is 0 Å². The number of aryl methyl sites for hydroxylation is 1. The van der Waals surface area contributed by atoms with Gasteiger partial charge < -0.3 is 4.74 Å². The second-order valence-corrected chi connectivity index (χ2v) is 6.21. The highest BCUT2D eigenvalue weighted by atomic mass is 16.5. The predicted molar refractivity (Wildman–Crippen MR) is 111 cm³/mol. The van der Waals surface area contributed by atoms with Crippen LogP contribution in [0.25, 0.3) is 0 Å². The average Bonchev–Trinajstić information content (AvgIpc) is 2.72. The van der Waals surface area contributed by atoms with Gasteiger partial charge in [0.25, 0.3) is 0 Å². The molecule has 27 heavy (non-hydrogen) atoms. The van der Waals surface area contributed by atoms with E-state index in [2.05, 4.69) is 23.7 Å². The lowest BCUT2D eigenvalue weighted by Crippen LogP contribution is -2.14. The van der Waals surface area contributed by atoms with Gasteiger partial charge in [-0.2, -0.15) is 0 Å². The summed E-state index contributed by atoms with van der Waals surface area (Å²) in [6, 6.07) is 28.1. The maximum absolute atomic E-state index is 6.18. The van der Waals surface area contributed by atoms with Gasteiger partial charge in [-0.15, -0.1) is 0 Å². The zero-order valence-electron chi connectivity index (χ0n) is 15.5. The van der Waals surface area contributed by atoms with Crippen molar-refractivity contribution in [3.63, 3.8) is 0 Å². The van der Waals surface area contributed by atoms with Crippen LogP contribution in [-0.2, 0) is 0 Å². The van der Waals surface area contributed by atoms with Crippen LogP contribution in [0.2, 0.25) is 0 Å². The Morgan fingerprint density at radius 1 is 0.741 bits per heavy atom. The lowest BCUT2D eigenvalue weighted by atomic mass is 10.1. The Morgan fingerprint density at radius 2 is 1.33 bits per heavy atom. The first-order valence-corrected chi connectivity index (χ1v) is 9.14. The van der Waals surface area contributed by atoms with Crippen LogP contribution in [0.1, 0.15) is 29.5 Å². The molecule has 3 aromatic rings. The molecular formula is C26H22O. The van der Waals surface area contributed by atoms with Crippen LogP contribution in [0, 0.1) is 30.6 Å². The number of benzene rings is 3. The Labute approximate surface area is 162 Å². The molecule has 1 heteroatoms. The summed E-state index contributed by atoms with van der Waals surface area (Å²) in [4.78, 5) is 0. The highest BCUT2D eigenvalue weighted by Gasteiger charge is 2.08. The van der Waals surface area contributed by atoms with Gasteiger partial charge in [0, 0.05) is 24.0 Å². The van der Waals surface area contributed by atoms with Crippen LogP contribution < -0.4 is 4.74 Å². The number of rotatable bonds is 4. The molecule has 0 aromatic heterocycles. The maximum Gasteiger partial charge on any atom is 0.160 e. The maximum atomic E-state index is 6.18. The van der Waals surface area contributed by atoms with Gasteiger partial charge in [0.2, 0.25) is 0 Å². The number of para-hydroxylation sites is 1. The molecule has 0 amide bonds. The van der Waals surface area contributed by atoms with Crippen molar-refractivity contribution in [3.05, 3.63) is 102 Å². The molecule has 0 heterocycles. The topological polar surface area (TPSA) is 9.23 Å². The summed E-state index contributed by atoms with van der Waals surface area (Å²) < 4.78 is 6.18. The van der Waals surface area contributed by atoms with Crippen molar-refractivity contribution >= 4 is 0 Å². The van der Waals surface area contributed by atoms with Gasteiger partial charge in [-0.25, -0.2) is 0 Å². The minimum atomic E-state index is -0.198. The number of hydrogen-bond acceptors (Lipinski definition) is 1.